The third-order valence-corrected chi connectivity index (χ3v) is 1.09. The van der Waals surface area contributed by atoms with Crippen molar-refractivity contribution in [2.45, 2.75) is 97.4 Å². The van der Waals surface area contributed by atoms with Crippen molar-refractivity contribution in [3.63, 3.8) is 0 Å². The van der Waals surface area contributed by atoms with Crippen molar-refractivity contribution in [3.8, 4) is 0 Å². The molecule has 0 saturated heterocycles. The zero-order valence-electron chi connectivity index (χ0n) is 16.0. The summed E-state index contributed by atoms with van der Waals surface area (Å²) < 4.78 is 1.26. The second kappa shape index (κ2) is 14.0. The Morgan fingerprint density at radius 1 is 0.714 bits per heavy atom. The number of allylic oxidation sites excluding steroid dienone is 2. The summed E-state index contributed by atoms with van der Waals surface area (Å²) in [7, 11) is 0. The van der Waals surface area contributed by atoms with E-state index in [-0.39, 0.29) is 0 Å². The maximum absolute atomic E-state index is 10.1. The second-order valence-corrected chi connectivity index (χ2v) is 8.99. The number of hydrogen-bond acceptors (Lipinski definition) is 3. The van der Waals surface area contributed by atoms with Crippen molar-refractivity contribution in [3.05, 3.63) is 11.6 Å². The molecule has 0 aromatic rings. The van der Waals surface area contributed by atoms with Gasteiger partial charge in [0, 0.05) is 0 Å². The van der Waals surface area contributed by atoms with Gasteiger partial charge in [0.25, 0.3) is 0 Å². The molecule has 0 unspecified atom stereocenters. The van der Waals surface area contributed by atoms with Crippen LogP contribution in [0.2, 0.25) is 4.44 Å². The number of hydrogen-bond donors (Lipinski definition) is 0. The molecule has 0 aliphatic rings. The average Bonchev–Trinajstić information content (AvgIpc) is 1.91. The summed E-state index contributed by atoms with van der Waals surface area (Å²) in [4.78, 5) is 0. The predicted octanol–water partition coefficient (Wildman–Crippen LogP) is 1.98. The summed E-state index contributed by atoms with van der Waals surface area (Å²) in [6.45, 7) is 18.9. The molecule has 0 heterocycles. The normalized spacial score (nSPS) is 10.9. The molecule has 3 nitrogen and oxygen atoms in total. The van der Waals surface area contributed by atoms with Crippen molar-refractivity contribution < 1.29 is 15.3 Å². The molecule has 0 aromatic carbocycles. The Bertz CT molecular complexity index is 190. The van der Waals surface area contributed by atoms with Gasteiger partial charge < -0.3 is 15.3 Å². The van der Waals surface area contributed by atoms with Gasteiger partial charge in [-0.05, 0) is 0 Å². The van der Waals surface area contributed by atoms with E-state index in [1.807, 2.05) is 0 Å². The fourth-order valence-electron chi connectivity index (χ4n) is 0.204. The van der Waals surface area contributed by atoms with Crippen molar-refractivity contribution in [2.75, 3.05) is 0 Å². The van der Waals surface area contributed by atoms with Crippen molar-refractivity contribution in [1.29, 1.82) is 0 Å². The van der Waals surface area contributed by atoms with E-state index in [4.69, 9.17) is 0 Å². The van der Waals surface area contributed by atoms with E-state index in [2.05, 4.69) is 19.9 Å². The maximum atomic E-state index is 10.1. The van der Waals surface area contributed by atoms with Gasteiger partial charge in [-0.15, -0.1) is 16.8 Å². The van der Waals surface area contributed by atoms with Gasteiger partial charge in [0.05, 0.1) is 0 Å². The molecule has 0 fully saturated rings. The molecule has 0 spiro atoms. The van der Waals surface area contributed by atoms with Crippen molar-refractivity contribution >= 4 is 22.5 Å². The SMILES string of the molecule is CC(C)(C)[O-].CC(C)(C)[O-].CC(C)(C)[O-].CC(C)=C[CH2][Sn+3]. The third kappa shape index (κ3) is 593. The first-order chi connectivity index (χ1) is 8.77. The molecule has 0 amide bonds. The van der Waals surface area contributed by atoms with Gasteiger partial charge in [-0.2, -0.15) is 0 Å². The summed E-state index contributed by atoms with van der Waals surface area (Å²) >= 11 is 1.60. The summed E-state index contributed by atoms with van der Waals surface area (Å²) in [6.07, 6.45) is 2.25. The zero-order chi connectivity index (χ0) is 18.5. The van der Waals surface area contributed by atoms with Crippen LogP contribution >= 0.6 is 0 Å². The first-order valence-corrected chi connectivity index (χ1v) is 9.18. The van der Waals surface area contributed by atoms with E-state index in [1.165, 1.54) is 10.0 Å². The standard InChI is InChI=1S/C5H9.3C4H9O.Sn/c1-4-5(2)3;3*1-4(2,3)5;/h4H,1H2,2-3H3;3*1-3H3;/q;3*-1;+3. The topological polar surface area (TPSA) is 69.2 Å². The van der Waals surface area contributed by atoms with Crippen LogP contribution in [0.3, 0.4) is 0 Å². The molecule has 126 valence electrons. The fraction of sp³-hybridized carbons (Fsp3) is 0.882. The molecular formula is C17H36O3Sn. The zero-order valence-corrected chi connectivity index (χ0v) is 18.9. The van der Waals surface area contributed by atoms with E-state index >= 15 is 0 Å². The van der Waals surface area contributed by atoms with Gasteiger partial charge in [-0.3, -0.25) is 0 Å². The molecule has 21 heavy (non-hydrogen) atoms. The average molecular weight is 407 g/mol. The Morgan fingerprint density at radius 2 is 0.857 bits per heavy atom. The van der Waals surface area contributed by atoms with Crippen LogP contribution in [0.1, 0.15) is 76.2 Å². The Morgan fingerprint density at radius 3 is 0.857 bits per heavy atom. The molecule has 0 atom stereocenters. The van der Waals surface area contributed by atoms with Gasteiger partial charge in [0.1, 0.15) is 0 Å². The molecule has 0 radical (unpaired) electrons. The molecule has 0 rings (SSSR count). The fourth-order valence-corrected chi connectivity index (χ4v) is 1.37. The van der Waals surface area contributed by atoms with Gasteiger partial charge >= 0.3 is 52.5 Å². The van der Waals surface area contributed by atoms with E-state index in [9.17, 15) is 15.3 Å². The van der Waals surface area contributed by atoms with Crippen LogP contribution in [0, 0.1) is 0 Å². The van der Waals surface area contributed by atoms with E-state index in [0.29, 0.717) is 0 Å². The number of rotatable bonds is 1. The van der Waals surface area contributed by atoms with Gasteiger partial charge in [-0.1, -0.05) is 62.3 Å². The monoisotopic (exact) mass is 408 g/mol. The quantitative estimate of drug-likeness (QED) is 0.493. The molecule has 0 saturated carbocycles. The Balaban J connectivity index is -0.0000000921. The Labute approximate surface area is 146 Å². The molecule has 0 aromatic heterocycles. The predicted molar refractivity (Wildman–Crippen MR) is 89.3 cm³/mol. The third-order valence-electron chi connectivity index (χ3n) is 0.510. The minimum absolute atomic E-state index is 0.750. The summed E-state index contributed by atoms with van der Waals surface area (Å²) in [5, 5.41) is 30.3. The Hall–Kier alpha value is 0.419. The van der Waals surface area contributed by atoms with E-state index in [0.717, 1.165) is 0 Å². The molecule has 0 N–H and O–H groups in total. The van der Waals surface area contributed by atoms with Crippen LogP contribution in [0.4, 0.5) is 0 Å². The molecule has 0 aliphatic heterocycles. The molecule has 4 heteroatoms. The molecular weight excluding hydrogens is 371 g/mol. The van der Waals surface area contributed by atoms with Crippen LogP contribution in [0.15, 0.2) is 11.6 Å². The van der Waals surface area contributed by atoms with Crippen LogP contribution < -0.4 is 15.3 Å². The van der Waals surface area contributed by atoms with Gasteiger partial charge in [0.2, 0.25) is 0 Å². The first kappa shape index (κ1) is 29.4. The molecule has 0 aliphatic carbocycles. The van der Waals surface area contributed by atoms with Crippen molar-refractivity contribution in [1.82, 2.24) is 0 Å². The van der Waals surface area contributed by atoms with Crippen LogP contribution in [0.5, 0.6) is 0 Å². The summed E-state index contributed by atoms with van der Waals surface area (Å²) in [5.41, 5.74) is -0.813. The van der Waals surface area contributed by atoms with Gasteiger partial charge in [0.15, 0.2) is 0 Å². The van der Waals surface area contributed by atoms with Crippen LogP contribution in [0.25, 0.3) is 0 Å². The van der Waals surface area contributed by atoms with Crippen LogP contribution in [-0.4, -0.2) is 39.3 Å². The van der Waals surface area contributed by atoms with Crippen molar-refractivity contribution in [2.24, 2.45) is 0 Å². The first-order valence-electron chi connectivity index (χ1n) is 7.16. The Kier molecular flexibility index (Phi) is 19.7. The van der Waals surface area contributed by atoms with E-state index < -0.39 is 16.8 Å². The van der Waals surface area contributed by atoms with Gasteiger partial charge in [-0.25, -0.2) is 0 Å². The minimum atomic E-state index is -0.750. The summed E-state index contributed by atoms with van der Waals surface area (Å²) in [5.74, 6) is 0. The molecule has 0 bridgehead atoms. The van der Waals surface area contributed by atoms with Crippen LogP contribution in [-0.2, 0) is 0 Å². The second-order valence-electron chi connectivity index (χ2n) is 7.82. The summed E-state index contributed by atoms with van der Waals surface area (Å²) in [6, 6.07) is 0. The van der Waals surface area contributed by atoms with E-state index in [1.54, 1.807) is 84.8 Å².